The number of carboxylic acid groups (broad SMARTS) is 1. The molecule has 78 valence electrons. The molecule has 0 aliphatic heterocycles. The lowest BCUT2D eigenvalue weighted by Gasteiger charge is -2.34. The molecule has 0 aromatic rings. The van der Waals surface area contributed by atoms with Crippen molar-refractivity contribution in [2.45, 2.75) is 25.8 Å². The van der Waals surface area contributed by atoms with E-state index in [1.807, 2.05) is 32.8 Å². The summed E-state index contributed by atoms with van der Waals surface area (Å²) in [5, 5.41) is 8.72. The van der Waals surface area contributed by atoms with Crippen molar-refractivity contribution in [2.24, 2.45) is 0 Å². The van der Waals surface area contributed by atoms with E-state index in [9.17, 15) is 4.79 Å². The lowest BCUT2D eigenvalue weighted by Crippen LogP contribution is -2.47. The maximum atomic E-state index is 10.6. The van der Waals surface area contributed by atoms with Gasteiger partial charge in [-0.15, -0.1) is 0 Å². The van der Waals surface area contributed by atoms with Gasteiger partial charge in [-0.1, -0.05) is 0 Å². The molecule has 0 aromatic heterocycles. The second-order valence-corrected chi connectivity index (χ2v) is 3.60. The quantitative estimate of drug-likeness (QED) is 0.672. The number of aliphatic carboxylic acids is 1. The first-order valence-electron chi connectivity index (χ1n) is 4.39. The van der Waals surface area contributed by atoms with Crippen LogP contribution in [0.5, 0.6) is 0 Å². The zero-order chi connectivity index (χ0) is 10.5. The molecular weight excluding hydrogens is 170 g/mol. The van der Waals surface area contributed by atoms with Crippen LogP contribution >= 0.6 is 0 Å². The lowest BCUT2D eigenvalue weighted by molar-refractivity contribution is -0.141. The van der Waals surface area contributed by atoms with Gasteiger partial charge in [0.15, 0.2) is 0 Å². The predicted molar refractivity (Wildman–Crippen MR) is 50.8 cm³/mol. The summed E-state index contributed by atoms with van der Waals surface area (Å²) in [7, 11) is 3.73. The van der Waals surface area contributed by atoms with Crippen molar-refractivity contribution in [3.05, 3.63) is 0 Å². The molecule has 0 radical (unpaired) electrons. The number of rotatable bonds is 6. The van der Waals surface area contributed by atoms with Crippen molar-refractivity contribution >= 4 is 5.97 Å². The molecule has 0 aliphatic rings. The van der Waals surface area contributed by atoms with Gasteiger partial charge in [0.1, 0.15) is 0 Å². The second kappa shape index (κ2) is 5.19. The van der Waals surface area contributed by atoms with E-state index in [-0.39, 0.29) is 6.42 Å². The molecule has 0 aromatic carbocycles. The fourth-order valence-electron chi connectivity index (χ4n) is 0.986. The summed E-state index contributed by atoms with van der Waals surface area (Å²) in [5.74, 6) is -0.795. The van der Waals surface area contributed by atoms with E-state index in [2.05, 4.69) is 0 Å². The van der Waals surface area contributed by atoms with Gasteiger partial charge in [-0.3, -0.25) is 4.79 Å². The summed E-state index contributed by atoms with van der Waals surface area (Å²) in [6.45, 7) is 4.85. The van der Waals surface area contributed by atoms with Crippen LogP contribution in [-0.4, -0.2) is 48.8 Å². The van der Waals surface area contributed by atoms with Crippen LogP contribution < -0.4 is 0 Å². The Bertz CT molecular complexity index is 170. The molecule has 0 saturated heterocycles. The minimum Gasteiger partial charge on any atom is -0.481 e. The summed E-state index contributed by atoms with van der Waals surface area (Å²) in [5.41, 5.74) is -0.415. The molecule has 0 spiro atoms. The maximum absolute atomic E-state index is 10.6. The van der Waals surface area contributed by atoms with Crippen molar-refractivity contribution in [3.8, 4) is 0 Å². The first-order chi connectivity index (χ1) is 5.92. The highest BCUT2D eigenvalue weighted by Gasteiger charge is 2.29. The van der Waals surface area contributed by atoms with Gasteiger partial charge in [0, 0.05) is 6.61 Å². The summed E-state index contributed by atoms with van der Waals surface area (Å²) >= 11 is 0. The van der Waals surface area contributed by atoms with Gasteiger partial charge < -0.3 is 14.7 Å². The fraction of sp³-hybridized carbons (Fsp3) is 0.889. The van der Waals surface area contributed by atoms with Crippen molar-refractivity contribution in [1.82, 2.24) is 4.90 Å². The zero-order valence-electron chi connectivity index (χ0n) is 8.83. The van der Waals surface area contributed by atoms with Crippen LogP contribution in [0.1, 0.15) is 20.3 Å². The molecule has 4 nitrogen and oxygen atoms in total. The predicted octanol–water partition coefficient (Wildman–Crippen LogP) is 0.818. The Labute approximate surface area is 79.5 Å². The Hall–Kier alpha value is -0.610. The van der Waals surface area contributed by atoms with E-state index in [4.69, 9.17) is 9.84 Å². The summed E-state index contributed by atoms with van der Waals surface area (Å²) in [4.78, 5) is 12.5. The average Bonchev–Trinajstić information content (AvgIpc) is 1.99. The van der Waals surface area contributed by atoms with Crippen LogP contribution in [0.3, 0.4) is 0 Å². The van der Waals surface area contributed by atoms with Crippen LogP contribution in [0.25, 0.3) is 0 Å². The molecule has 0 aliphatic carbocycles. The Morgan fingerprint density at radius 3 is 2.38 bits per heavy atom. The van der Waals surface area contributed by atoms with E-state index < -0.39 is 11.5 Å². The highest BCUT2D eigenvalue weighted by Crippen LogP contribution is 2.16. The number of hydrogen-bond acceptors (Lipinski definition) is 3. The van der Waals surface area contributed by atoms with Gasteiger partial charge in [0.05, 0.1) is 18.6 Å². The third-order valence-corrected chi connectivity index (χ3v) is 2.23. The molecule has 0 fully saturated rings. The average molecular weight is 189 g/mol. The van der Waals surface area contributed by atoms with E-state index >= 15 is 0 Å². The zero-order valence-corrected chi connectivity index (χ0v) is 8.83. The highest BCUT2D eigenvalue weighted by molar-refractivity contribution is 5.68. The minimum absolute atomic E-state index is 0.0972. The molecular formula is C9H19NO3. The molecule has 0 amide bonds. The standard InChI is InChI=1S/C9H19NO3/c1-5-13-7-9(2,10(3)4)6-8(11)12/h5-7H2,1-4H3,(H,11,12). The van der Waals surface area contributed by atoms with E-state index in [0.717, 1.165) is 0 Å². The number of likely N-dealkylation sites (N-methyl/N-ethyl adjacent to an activating group) is 1. The summed E-state index contributed by atoms with van der Waals surface area (Å²) in [6.07, 6.45) is 0.0972. The monoisotopic (exact) mass is 189 g/mol. The van der Waals surface area contributed by atoms with Crippen molar-refractivity contribution < 1.29 is 14.6 Å². The fourth-order valence-corrected chi connectivity index (χ4v) is 0.986. The molecule has 1 atom stereocenters. The molecule has 13 heavy (non-hydrogen) atoms. The van der Waals surface area contributed by atoms with Gasteiger partial charge in [-0.05, 0) is 27.9 Å². The Morgan fingerprint density at radius 1 is 1.54 bits per heavy atom. The largest absolute Gasteiger partial charge is 0.481 e. The second-order valence-electron chi connectivity index (χ2n) is 3.60. The summed E-state index contributed by atoms with van der Waals surface area (Å²) < 4.78 is 5.26. The van der Waals surface area contributed by atoms with E-state index in [1.165, 1.54) is 0 Å². The number of nitrogens with zero attached hydrogens (tertiary/aromatic N) is 1. The third kappa shape index (κ3) is 4.24. The van der Waals surface area contributed by atoms with Crippen LogP contribution in [0.4, 0.5) is 0 Å². The molecule has 0 heterocycles. The maximum Gasteiger partial charge on any atom is 0.305 e. The van der Waals surface area contributed by atoms with Crippen molar-refractivity contribution in [3.63, 3.8) is 0 Å². The van der Waals surface area contributed by atoms with Gasteiger partial charge in [-0.2, -0.15) is 0 Å². The number of carboxylic acids is 1. The Kier molecular flexibility index (Phi) is 4.95. The van der Waals surface area contributed by atoms with Crippen LogP contribution in [-0.2, 0) is 9.53 Å². The third-order valence-electron chi connectivity index (χ3n) is 2.23. The molecule has 0 rings (SSSR count). The van der Waals surface area contributed by atoms with Crippen LogP contribution in [0, 0.1) is 0 Å². The lowest BCUT2D eigenvalue weighted by atomic mass is 9.98. The molecule has 0 saturated carbocycles. The normalized spacial score (nSPS) is 15.8. The van der Waals surface area contributed by atoms with Gasteiger partial charge in [0.2, 0.25) is 0 Å². The van der Waals surface area contributed by atoms with Crippen molar-refractivity contribution in [2.75, 3.05) is 27.3 Å². The number of hydrogen-bond donors (Lipinski definition) is 1. The molecule has 1 unspecified atom stereocenters. The van der Waals surface area contributed by atoms with Gasteiger partial charge in [0.25, 0.3) is 0 Å². The molecule has 0 bridgehead atoms. The highest BCUT2D eigenvalue weighted by atomic mass is 16.5. The smallest absolute Gasteiger partial charge is 0.305 e. The first kappa shape index (κ1) is 12.4. The molecule has 4 heteroatoms. The van der Waals surface area contributed by atoms with E-state index in [0.29, 0.717) is 13.2 Å². The van der Waals surface area contributed by atoms with Gasteiger partial charge >= 0.3 is 5.97 Å². The minimum atomic E-state index is -0.795. The van der Waals surface area contributed by atoms with Crippen LogP contribution in [0.2, 0.25) is 0 Å². The number of ether oxygens (including phenoxy) is 1. The topological polar surface area (TPSA) is 49.8 Å². The Morgan fingerprint density at radius 2 is 2.08 bits per heavy atom. The Balaban J connectivity index is 4.24. The van der Waals surface area contributed by atoms with Crippen LogP contribution in [0.15, 0.2) is 0 Å². The first-order valence-corrected chi connectivity index (χ1v) is 4.39. The van der Waals surface area contributed by atoms with Gasteiger partial charge in [-0.25, -0.2) is 0 Å². The van der Waals surface area contributed by atoms with E-state index in [1.54, 1.807) is 0 Å². The number of carbonyl (C=O) groups is 1. The summed E-state index contributed by atoms with van der Waals surface area (Å²) in [6, 6.07) is 0. The molecule has 1 N–H and O–H groups in total. The van der Waals surface area contributed by atoms with Crippen molar-refractivity contribution in [1.29, 1.82) is 0 Å². The SMILES string of the molecule is CCOCC(C)(CC(=O)O)N(C)C.